The molecule has 2 aliphatic heterocycles. The SMILES string of the molecule is COCN(c1ccc(-c2cc3c(N4CCOCC4)ncnc3n2COCC[Si](C)(C)C)cc1F)S(=O)(=O)C(C)c1cccc(N2CCC[C@@H](NC(=O)OC(C)(C)C)C2)c1. The van der Waals surface area contributed by atoms with Crippen molar-refractivity contribution in [2.24, 2.45) is 0 Å². The van der Waals surface area contributed by atoms with Crippen molar-refractivity contribution < 1.29 is 36.6 Å². The van der Waals surface area contributed by atoms with Crippen molar-refractivity contribution in [2.45, 2.75) is 89.8 Å². The Morgan fingerprint density at radius 2 is 1.83 bits per heavy atom. The van der Waals surface area contributed by atoms with Gasteiger partial charge in [-0.2, -0.15) is 0 Å². The average Bonchev–Trinajstić information content (AvgIpc) is 3.56. The molecule has 59 heavy (non-hydrogen) atoms. The highest BCUT2D eigenvalue weighted by molar-refractivity contribution is 7.93. The van der Waals surface area contributed by atoms with E-state index in [1.54, 1.807) is 19.1 Å². The summed E-state index contributed by atoms with van der Waals surface area (Å²) in [6.45, 7) is 18.2. The van der Waals surface area contributed by atoms with Crippen LogP contribution in [-0.4, -0.2) is 109 Å². The van der Waals surface area contributed by atoms with E-state index < -0.39 is 47.6 Å². The van der Waals surface area contributed by atoms with Crippen molar-refractivity contribution in [1.82, 2.24) is 19.9 Å². The first-order valence-corrected chi connectivity index (χ1v) is 25.6. The Balaban J connectivity index is 1.27. The molecule has 1 unspecified atom stereocenters. The van der Waals surface area contributed by atoms with Crippen molar-refractivity contribution in [3.05, 3.63) is 66.2 Å². The van der Waals surface area contributed by atoms with Crippen molar-refractivity contribution in [2.75, 3.05) is 73.9 Å². The van der Waals surface area contributed by atoms with Gasteiger partial charge < -0.3 is 38.6 Å². The number of aromatic nitrogens is 3. The molecule has 1 N–H and O–H groups in total. The molecule has 2 aromatic carbocycles. The third kappa shape index (κ3) is 10.9. The molecule has 1 amide bonds. The number of alkyl carbamates (subject to hydrolysis) is 1. The lowest BCUT2D eigenvalue weighted by molar-refractivity contribution is 0.0500. The van der Waals surface area contributed by atoms with Gasteiger partial charge in [-0.3, -0.25) is 0 Å². The fourth-order valence-electron chi connectivity index (χ4n) is 7.39. The van der Waals surface area contributed by atoms with Gasteiger partial charge in [0.05, 0.1) is 30.0 Å². The second-order valence-corrected chi connectivity index (χ2v) is 25.3. The zero-order chi connectivity index (χ0) is 42.5. The van der Waals surface area contributed by atoms with Crippen LogP contribution in [0.2, 0.25) is 25.7 Å². The molecule has 322 valence electrons. The number of nitrogens with one attached hydrogen (secondary N) is 1. The zero-order valence-electron chi connectivity index (χ0n) is 35.7. The highest BCUT2D eigenvalue weighted by atomic mass is 32.2. The number of hydrogen-bond donors (Lipinski definition) is 1. The molecular weight excluding hydrogens is 794 g/mol. The Kier molecular flexibility index (Phi) is 13.9. The van der Waals surface area contributed by atoms with E-state index in [0.717, 1.165) is 46.6 Å². The smallest absolute Gasteiger partial charge is 0.407 e. The molecule has 0 bridgehead atoms. The lowest BCUT2D eigenvalue weighted by Crippen LogP contribution is -2.49. The monoisotopic (exact) mass is 853 g/mol. The summed E-state index contributed by atoms with van der Waals surface area (Å²) in [5, 5.41) is 2.73. The minimum atomic E-state index is -4.21. The van der Waals surface area contributed by atoms with Gasteiger partial charge in [0.1, 0.15) is 47.9 Å². The third-order valence-corrected chi connectivity index (χ3v) is 14.3. The molecule has 0 saturated carbocycles. The normalized spacial score (nSPS) is 17.3. The van der Waals surface area contributed by atoms with Crippen molar-refractivity contribution in [1.29, 1.82) is 0 Å². The third-order valence-electron chi connectivity index (χ3n) is 10.6. The molecule has 2 atom stereocenters. The maximum absolute atomic E-state index is 16.5. The summed E-state index contributed by atoms with van der Waals surface area (Å²) in [5.41, 5.74) is 2.49. The maximum atomic E-state index is 16.5. The molecule has 14 nitrogen and oxygen atoms in total. The van der Waals surface area contributed by atoms with Gasteiger partial charge in [0.15, 0.2) is 0 Å². The first-order chi connectivity index (χ1) is 27.9. The van der Waals surface area contributed by atoms with Gasteiger partial charge in [0, 0.05) is 65.3 Å². The summed E-state index contributed by atoms with van der Waals surface area (Å²) in [6, 6.07) is 14.7. The number of fused-ring (bicyclic) bond motifs is 1. The number of carbonyl (C=O) groups excluding carboxylic acids is 1. The van der Waals surface area contributed by atoms with E-state index in [0.29, 0.717) is 61.9 Å². The predicted octanol–water partition coefficient (Wildman–Crippen LogP) is 7.38. The van der Waals surface area contributed by atoms with Crippen LogP contribution in [0.15, 0.2) is 54.9 Å². The van der Waals surface area contributed by atoms with Crippen molar-refractivity contribution in [3.8, 4) is 11.3 Å². The minimum absolute atomic E-state index is 0.130. The Morgan fingerprint density at radius 3 is 2.53 bits per heavy atom. The number of morpholine rings is 1. The molecule has 4 aromatic rings. The first kappa shape index (κ1) is 44.3. The summed E-state index contributed by atoms with van der Waals surface area (Å²) in [4.78, 5) is 26.1. The van der Waals surface area contributed by atoms with Crippen LogP contribution < -0.4 is 19.4 Å². The number of amides is 1. The summed E-state index contributed by atoms with van der Waals surface area (Å²) in [5.74, 6) is 0.0438. The Labute approximate surface area is 349 Å². The maximum Gasteiger partial charge on any atom is 0.407 e. The summed E-state index contributed by atoms with van der Waals surface area (Å²) < 4.78 is 71.0. The number of ether oxygens (including phenoxy) is 4. The number of halogens is 1. The quantitative estimate of drug-likeness (QED) is 0.0728. The van der Waals surface area contributed by atoms with Crippen molar-refractivity contribution in [3.63, 3.8) is 0 Å². The average molecular weight is 854 g/mol. The molecule has 4 heterocycles. The lowest BCUT2D eigenvalue weighted by Gasteiger charge is -2.35. The molecule has 2 aliphatic rings. The molecule has 0 radical (unpaired) electrons. The Hall–Kier alpha value is -4.29. The number of benzene rings is 2. The van der Waals surface area contributed by atoms with Crippen LogP contribution in [-0.2, 0) is 35.7 Å². The van der Waals surface area contributed by atoms with Crippen LogP contribution in [0.4, 0.5) is 26.4 Å². The molecule has 2 saturated heterocycles. The fourth-order valence-corrected chi connectivity index (χ4v) is 9.69. The molecule has 6 rings (SSSR count). The Morgan fingerprint density at radius 1 is 1.07 bits per heavy atom. The summed E-state index contributed by atoms with van der Waals surface area (Å²) in [6.07, 6.45) is 2.71. The second-order valence-electron chi connectivity index (χ2n) is 17.5. The van der Waals surface area contributed by atoms with Crippen LogP contribution in [0.3, 0.4) is 0 Å². The molecular formula is C42H60FN7O7SSi. The van der Waals surface area contributed by atoms with E-state index in [1.165, 1.54) is 25.6 Å². The standard InChI is InChI=1S/C42H60FN7O7SSi/c1-30(31-11-9-13-34(23-31)48-16-10-12-33(26-48)46-41(51)57-42(2,3)4)58(52,53)50(29-54-5)37-15-14-32(24-36(37)43)38-25-35-39(47-17-19-55-20-18-47)44-27-45-40(35)49(38)28-56-21-22-59(6,7)8/h9,11,13-15,23-25,27,30,33H,10,12,16-22,26,28-29H2,1-8H3,(H,46,51)/t30?,33-/m1/s1. The van der Waals surface area contributed by atoms with Gasteiger partial charge in [0.25, 0.3) is 0 Å². The number of piperidine rings is 1. The lowest BCUT2D eigenvalue weighted by atomic mass is 10.0. The summed E-state index contributed by atoms with van der Waals surface area (Å²) >= 11 is 0. The van der Waals surface area contributed by atoms with E-state index >= 15 is 4.39 Å². The highest BCUT2D eigenvalue weighted by Gasteiger charge is 2.33. The molecule has 17 heteroatoms. The van der Waals surface area contributed by atoms with E-state index in [4.69, 9.17) is 18.9 Å². The largest absolute Gasteiger partial charge is 0.444 e. The van der Waals surface area contributed by atoms with Gasteiger partial charge in [-0.05, 0) is 82.5 Å². The molecule has 2 fully saturated rings. The van der Waals surface area contributed by atoms with Crippen molar-refractivity contribution >= 4 is 52.4 Å². The van der Waals surface area contributed by atoms with E-state index in [9.17, 15) is 13.2 Å². The molecule has 0 spiro atoms. The summed E-state index contributed by atoms with van der Waals surface area (Å²) in [7, 11) is -4.19. The number of methoxy groups -OCH3 is 1. The number of carbonyl (C=O) groups is 1. The number of nitrogens with zero attached hydrogens (tertiary/aromatic N) is 6. The van der Waals surface area contributed by atoms with Crippen LogP contribution in [0, 0.1) is 5.82 Å². The predicted molar refractivity (Wildman–Crippen MR) is 233 cm³/mol. The van der Waals surface area contributed by atoms with Gasteiger partial charge in [-0.15, -0.1) is 0 Å². The minimum Gasteiger partial charge on any atom is -0.444 e. The number of rotatable bonds is 15. The van der Waals surface area contributed by atoms with Crippen LogP contribution >= 0.6 is 0 Å². The van der Waals surface area contributed by atoms with E-state index in [2.05, 4.69) is 44.7 Å². The van der Waals surface area contributed by atoms with Gasteiger partial charge in [-0.1, -0.05) is 37.8 Å². The highest BCUT2D eigenvalue weighted by Crippen LogP contribution is 2.37. The number of hydrogen-bond acceptors (Lipinski definition) is 11. The number of anilines is 3. The number of sulfonamides is 1. The zero-order valence-corrected chi connectivity index (χ0v) is 37.5. The first-order valence-electron chi connectivity index (χ1n) is 20.3. The van der Waals surface area contributed by atoms with Gasteiger partial charge in [-0.25, -0.2) is 31.9 Å². The van der Waals surface area contributed by atoms with Gasteiger partial charge in [0.2, 0.25) is 10.0 Å². The van der Waals surface area contributed by atoms with E-state index in [1.807, 2.05) is 49.6 Å². The second kappa shape index (κ2) is 18.5. The van der Waals surface area contributed by atoms with Gasteiger partial charge >= 0.3 is 6.09 Å². The van der Waals surface area contributed by atoms with Crippen LogP contribution in [0.5, 0.6) is 0 Å². The van der Waals surface area contributed by atoms with E-state index in [-0.39, 0.29) is 18.5 Å². The van der Waals surface area contributed by atoms with Crippen LogP contribution in [0.1, 0.15) is 51.3 Å². The molecule has 0 aliphatic carbocycles. The van der Waals surface area contributed by atoms with Crippen LogP contribution in [0.25, 0.3) is 22.3 Å². The molecule has 2 aromatic heterocycles. The Bertz CT molecular complexity index is 2190. The fraction of sp³-hybridized carbons (Fsp3) is 0.548. The topological polar surface area (TPSA) is 141 Å².